The van der Waals surface area contributed by atoms with Gasteiger partial charge < -0.3 is 15.4 Å². The van der Waals surface area contributed by atoms with Crippen LogP contribution in [0.4, 0.5) is 20.7 Å². The van der Waals surface area contributed by atoms with Gasteiger partial charge in [-0.1, -0.05) is 6.07 Å². The summed E-state index contributed by atoms with van der Waals surface area (Å²) in [7, 11) is 0. The first-order valence-electron chi connectivity index (χ1n) is 6.44. The molecule has 2 aromatic rings. The van der Waals surface area contributed by atoms with Crippen molar-refractivity contribution in [3.63, 3.8) is 0 Å². The normalized spacial score (nSPS) is 15.2. The Balaban J connectivity index is 2.03. The molecular formula is C13H13F2N5O. The first-order valence-corrected chi connectivity index (χ1v) is 6.44. The highest BCUT2D eigenvalue weighted by Gasteiger charge is 2.18. The SMILES string of the molecule is Nc1nc(-c2cccc(F)c2F)nc(N2CCOCC2)n1. The summed E-state index contributed by atoms with van der Waals surface area (Å²) in [4.78, 5) is 14.0. The van der Waals surface area contributed by atoms with E-state index < -0.39 is 11.6 Å². The van der Waals surface area contributed by atoms with Gasteiger partial charge in [0, 0.05) is 13.1 Å². The zero-order valence-corrected chi connectivity index (χ0v) is 11.1. The van der Waals surface area contributed by atoms with E-state index in [9.17, 15) is 8.78 Å². The van der Waals surface area contributed by atoms with Crippen LogP contribution in [0.15, 0.2) is 18.2 Å². The minimum absolute atomic E-state index is 0.0148. The van der Waals surface area contributed by atoms with E-state index in [1.165, 1.54) is 12.1 Å². The molecule has 6 nitrogen and oxygen atoms in total. The molecular weight excluding hydrogens is 280 g/mol. The lowest BCUT2D eigenvalue weighted by Gasteiger charge is -2.26. The molecule has 0 spiro atoms. The second-order valence-electron chi connectivity index (χ2n) is 4.52. The maximum atomic E-state index is 13.8. The second-order valence-corrected chi connectivity index (χ2v) is 4.52. The van der Waals surface area contributed by atoms with Gasteiger partial charge in [-0.3, -0.25) is 0 Å². The lowest BCUT2D eigenvalue weighted by atomic mass is 10.2. The number of hydrogen-bond acceptors (Lipinski definition) is 6. The first-order chi connectivity index (χ1) is 10.1. The molecule has 0 bridgehead atoms. The Labute approximate surface area is 119 Å². The summed E-state index contributed by atoms with van der Waals surface area (Å²) in [5.74, 6) is -1.65. The zero-order valence-electron chi connectivity index (χ0n) is 11.1. The van der Waals surface area contributed by atoms with Crippen LogP contribution in [0.5, 0.6) is 0 Å². The number of nitrogen functional groups attached to an aromatic ring is 1. The molecule has 1 aromatic carbocycles. The fourth-order valence-electron chi connectivity index (χ4n) is 2.08. The number of rotatable bonds is 2. The van der Waals surface area contributed by atoms with Crippen LogP contribution in [0.1, 0.15) is 0 Å². The van der Waals surface area contributed by atoms with Crippen LogP contribution in [-0.4, -0.2) is 41.3 Å². The van der Waals surface area contributed by atoms with Crippen molar-refractivity contribution >= 4 is 11.9 Å². The fourth-order valence-corrected chi connectivity index (χ4v) is 2.08. The highest BCUT2D eigenvalue weighted by molar-refractivity contribution is 5.58. The maximum absolute atomic E-state index is 13.8. The zero-order chi connectivity index (χ0) is 14.8. The van der Waals surface area contributed by atoms with E-state index in [1.54, 1.807) is 0 Å². The molecule has 0 saturated carbocycles. The van der Waals surface area contributed by atoms with Gasteiger partial charge >= 0.3 is 0 Å². The van der Waals surface area contributed by atoms with E-state index in [4.69, 9.17) is 10.5 Å². The largest absolute Gasteiger partial charge is 0.378 e. The number of morpholine rings is 1. The minimum Gasteiger partial charge on any atom is -0.378 e. The highest BCUT2D eigenvalue weighted by Crippen LogP contribution is 2.23. The van der Waals surface area contributed by atoms with Gasteiger partial charge in [-0.15, -0.1) is 0 Å². The van der Waals surface area contributed by atoms with Gasteiger partial charge in [0.25, 0.3) is 0 Å². The molecule has 0 unspecified atom stereocenters. The van der Waals surface area contributed by atoms with E-state index in [2.05, 4.69) is 15.0 Å². The third-order valence-electron chi connectivity index (χ3n) is 3.13. The number of aromatic nitrogens is 3. The van der Waals surface area contributed by atoms with Gasteiger partial charge in [-0.05, 0) is 12.1 Å². The van der Waals surface area contributed by atoms with Crippen LogP contribution >= 0.6 is 0 Å². The predicted molar refractivity (Wildman–Crippen MR) is 72.6 cm³/mol. The summed E-state index contributed by atoms with van der Waals surface area (Å²) < 4.78 is 32.4. The monoisotopic (exact) mass is 293 g/mol. The van der Waals surface area contributed by atoms with Gasteiger partial charge in [0.15, 0.2) is 17.5 Å². The smallest absolute Gasteiger partial charge is 0.230 e. The van der Waals surface area contributed by atoms with E-state index >= 15 is 0 Å². The van der Waals surface area contributed by atoms with Crippen LogP contribution in [0, 0.1) is 11.6 Å². The van der Waals surface area contributed by atoms with Crippen LogP contribution in [0.2, 0.25) is 0 Å². The van der Waals surface area contributed by atoms with Crippen molar-refractivity contribution < 1.29 is 13.5 Å². The summed E-state index contributed by atoms with van der Waals surface area (Å²) in [6, 6.07) is 3.82. The molecule has 8 heteroatoms. The summed E-state index contributed by atoms with van der Waals surface area (Å²) in [5.41, 5.74) is 5.61. The number of ether oxygens (including phenoxy) is 1. The molecule has 1 aromatic heterocycles. The Bertz CT molecular complexity index is 661. The summed E-state index contributed by atoms with van der Waals surface area (Å²) in [6.07, 6.45) is 0. The van der Waals surface area contributed by atoms with Crippen molar-refractivity contribution in [1.82, 2.24) is 15.0 Å². The molecule has 3 rings (SSSR count). The molecule has 110 valence electrons. The van der Waals surface area contributed by atoms with Gasteiger partial charge in [-0.25, -0.2) is 8.78 Å². The number of anilines is 2. The molecule has 2 N–H and O–H groups in total. The Kier molecular flexibility index (Phi) is 3.61. The molecule has 1 aliphatic rings. The number of nitrogens with zero attached hydrogens (tertiary/aromatic N) is 4. The van der Waals surface area contributed by atoms with Gasteiger partial charge in [0.05, 0.1) is 18.8 Å². The lowest BCUT2D eigenvalue weighted by molar-refractivity contribution is 0.122. The molecule has 2 heterocycles. The lowest BCUT2D eigenvalue weighted by Crippen LogP contribution is -2.37. The molecule has 0 radical (unpaired) electrons. The molecule has 1 aliphatic heterocycles. The molecule has 0 aliphatic carbocycles. The average Bonchev–Trinajstić information content (AvgIpc) is 2.50. The van der Waals surface area contributed by atoms with Crippen LogP contribution in [-0.2, 0) is 4.74 Å². The molecule has 1 saturated heterocycles. The first kappa shape index (κ1) is 13.6. The summed E-state index contributed by atoms with van der Waals surface area (Å²) >= 11 is 0. The van der Waals surface area contributed by atoms with Crippen LogP contribution in [0.3, 0.4) is 0 Å². The van der Waals surface area contributed by atoms with Crippen molar-refractivity contribution in [1.29, 1.82) is 0 Å². The number of benzene rings is 1. The number of nitrogens with two attached hydrogens (primary N) is 1. The molecule has 0 amide bonds. The van der Waals surface area contributed by atoms with Crippen molar-refractivity contribution in [2.75, 3.05) is 36.9 Å². The molecule has 21 heavy (non-hydrogen) atoms. The van der Waals surface area contributed by atoms with E-state index in [1.807, 2.05) is 4.90 Å². The van der Waals surface area contributed by atoms with Crippen molar-refractivity contribution in [2.45, 2.75) is 0 Å². The van der Waals surface area contributed by atoms with Gasteiger partial charge in [0.2, 0.25) is 11.9 Å². The van der Waals surface area contributed by atoms with E-state index in [0.717, 1.165) is 6.07 Å². The second kappa shape index (κ2) is 5.57. The van der Waals surface area contributed by atoms with Crippen LogP contribution in [0.25, 0.3) is 11.4 Å². The summed E-state index contributed by atoms with van der Waals surface area (Å²) in [5, 5.41) is 0. The Hall–Kier alpha value is -2.35. The maximum Gasteiger partial charge on any atom is 0.230 e. The van der Waals surface area contributed by atoms with E-state index in [0.29, 0.717) is 32.3 Å². The third kappa shape index (κ3) is 2.75. The third-order valence-corrected chi connectivity index (χ3v) is 3.13. The number of halogens is 2. The van der Waals surface area contributed by atoms with Crippen molar-refractivity contribution in [3.05, 3.63) is 29.8 Å². The Morgan fingerprint density at radius 1 is 1.10 bits per heavy atom. The standard InChI is InChI=1S/C13H13F2N5O/c14-9-3-1-2-8(10(9)15)11-17-12(16)19-13(18-11)20-4-6-21-7-5-20/h1-3H,4-7H2,(H2,16,17,18,19). The van der Waals surface area contributed by atoms with Crippen molar-refractivity contribution in [3.8, 4) is 11.4 Å². The van der Waals surface area contributed by atoms with E-state index in [-0.39, 0.29) is 17.3 Å². The highest BCUT2D eigenvalue weighted by atomic mass is 19.2. The van der Waals surface area contributed by atoms with Crippen LogP contribution < -0.4 is 10.6 Å². The summed E-state index contributed by atoms with van der Waals surface area (Å²) in [6.45, 7) is 2.31. The topological polar surface area (TPSA) is 77.2 Å². The van der Waals surface area contributed by atoms with Gasteiger partial charge in [-0.2, -0.15) is 15.0 Å². The average molecular weight is 293 g/mol. The van der Waals surface area contributed by atoms with Gasteiger partial charge in [0.1, 0.15) is 0 Å². The Morgan fingerprint density at radius 2 is 1.86 bits per heavy atom. The quantitative estimate of drug-likeness (QED) is 0.897. The Morgan fingerprint density at radius 3 is 2.62 bits per heavy atom. The predicted octanol–water partition coefficient (Wildman–Crippen LogP) is 1.24. The van der Waals surface area contributed by atoms with Crippen molar-refractivity contribution in [2.24, 2.45) is 0 Å². The molecule has 1 fully saturated rings. The number of hydrogen-bond donors (Lipinski definition) is 1. The molecule has 0 atom stereocenters. The minimum atomic E-state index is -1.00. The fraction of sp³-hybridized carbons (Fsp3) is 0.308.